The summed E-state index contributed by atoms with van der Waals surface area (Å²) in [7, 11) is 0. The van der Waals surface area contributed by atoms with Crippen molar-refractivity contribution in [1.82, 2.24) is 5.06 Å². The molecule has 0 saturated carbocycles. The van der Waals surface area contributed by atoms with Crippen molar-refractivity contribution in [3.63, 3.8) is 0 Å². The Morgan fingerprint density at radius 2 is 1.94 bits per heavy atom. The fourth-order valence-corrected chi connectivity index (χ4v) is 7.00. The van der Waals surface area contributed by atoms with Crippen LogP contribution in [0, 0.1) is 17.2 Å². The zero-order valence-corrected chi connectivity index (χ0v) is 20.5. The van der Waals surface area contributed by atoms with Gasteiger partial charge in [-0.15, -0.1) is 0 Å². The summed E-state index contributed by atoms with van der Waals surface area (Å²) in [6.45, 7) is 3.15. The highest BCUT2D eigenvalue weighted by molar-refractivity contribution is 6.12. The molecule has 0 saturated heterocycles. The number of allylic oxidation sites excluding steroid dienone is 3. The predicted octanol–water partition coefficient (Wildman–Crippen LogP) is 3.85. The summed E-state index contributed by atoms with van der Waals surface area (Å²) in [5, 5.41) is 22.8. The van der Waals surface area contributed by atoms with E-state index in [1.807, 2.05) is 6.92 Å². The highest BCUT2D eigenvalue weighted by Crippen LogP contribution is 2.62. The number of rotatable bonds is 4. The number of fused-ring (bicyclic) bond motifs is 5. The normalized spacial score (nSPS) is 33.1. The van der Waals surface area contributed by atoms with Gasteiger partial charge < -0.3 is 10.2 Å². The minimum atomic E-state index is -1.67. The maximum Gasteiger partial charge on any atom is 0.198 e. The lowest BCUT2D eigenvalue weighted by atomic mass is 9.52. The second-order valence-corrected chi connectivity index (χ2v) is 10.9. The number of carbonyl (C=O) groups excluding carboxylic acids is 2. The maximum atomic E-state index is 13.8. The number of nitrogens with zero attached hydrogens (tertiary/aromatic N) is 1. The first-order chi connectivity index (χ1) is 17.2. The molecule has 0 unspecified atom stereocenters. The Labute approximate surface area is 209 Å². The standard InChI is InChI=1S/C29H30FNO5/c1-16-10-23-24(33)12-22-21-11-18-4-3-5-20(18)27(21)31(14-17-6-8-19(30)9-7-17)36-29(22,26(35)15-32)28(23,2)13-25(16)34/h6-10,12,16,25,32,34H,3-5,11,13-15H2,1-2H3/t16-,25-,28-,29+/m0/s1. The molecule has 0 spiro atoms. The van der Waals surface area contributed by atoms with Gasteiger partial charge in [0, 0.05) is 22.5 Å². The molecule has 0 aromatic heterocycles. The number of aliphatic hydroxyl groups is 2. The van der Waals surface area contributed by atoms with Crippen molar-refractivity contribution in [2.24, 2.45) is 11.3 Å². The molecule has 1 aromatic rings. The lowest BCUT2D eigenvalue weighted by Crippen LogP contribution is -2.66. The minimum Gasteiger partial charge on any atom is -0.392 e. The Bertz CT molecular complexity index is 1310. The van der Waals surface area contributed by atoms with Crippen LogP contribution in [0.15, 0.2) is 70.0 Å². The fourth-order valence-electron chi connectivity index (χ4n) is 7.00. The molecular formula is C29H30FNO5. The number of ketones is 2. The molecule has 0 amide bonds. The molecule has 6 nitrogen and oxygen atoms in total. The fraction of sp³-hybridized carbons (Fsp3) is 0.448. The van der Waals surface area contributed by atoms with Gasteiger partial charge in [-0.2, -0.15) is 0 Å². The number of hydroxylamine groups is 2. The zero-order valence-electron chi connectivity index (χ0n) is 20.5. The van der Waals surface area contributed by atoms with Gasteiger partial charge in [-0.3, -0.25) is 14.4 Å². The highest BCUT2D eigenvalue weighted by atomic mass is 19.1. The monoisotopic (exact) mass is 491 g/mol. The van der Waals surface area contributed by atoms with Crippen molar-refractivity contribution in [3.8, 4) is 0 Å². The molecule has 6 rings (SSSR count). The summed E-state index contributed by atoms with van der Waals surface area (Å²) in [5.74, 6) is -1.31. The summed E-state index contributed by atoms with van der Waals surface area (Å²) in [4.78, 5) is 34.1. The molecule has 4 aliphatic carbocycles. The van der Waals surface area contributed by atoms with E-state index in [9.17, 15) is 24.2 Å². The number of aliphatic hydroxyl groups excluding tert-OH is 2. The summed E-state index contributed by atoms with van der Waals surface area (Å²) in [5.41, 5.74) is 3.16. The van der Waals surface area contributed by atoms with E-state index in [0.29, 0.717) is 17.6 Å². The van der Waals surface area contributed by atoms with E-state index in [4.69, 9.17) is 4.84 Å². The molecule has 36 heavy (non-hydrogen) atoms. The Morgan fingerprint density at radius 3 is 2.67 bits per heavy atom. The molecule has 2 N–H and O–H groups in total. The Kier molecular flexibility index (Phi) is 5.27. The molecule has 1 heterocycles. The summed E-state index contributed by atoms with van der Waals surface area (Å²) in [6, 6.07) is 6.16. The van der Waals surface area contributed by atoms with Gasteiger partial charge in [-0.05, 0) is 67.0 Å². The van der Waals surface area contributed by atoms with Gasteiger partial charge in [0.1, 0.15) is 12.4 Å². The Morgan fingerprint density at radius 1 is 1.19 bits per heavy atom. The van der Waals surface area contributed by atoms with E-state index >= 15 is 0 Å². The van der Waals surface area contributed by atoms with Crippen molar-refractivity contribution >= 4 is 11.6 Å². The number of hydrogen-bond acceptors (Lipinski definition) is 6. The Balaban J connectivity index is 1.58. The predicted molar refractivity (Wildman–Crippen MR) is 129 cm³/mol. The first kappa shape index (κ1) is 23.5. The topological polar surface area (TPSA) is 87.1 Å². The largest absolute Gasteiger partial charge is 0.392 e. The molecule has 5 aliphatic rings. The van der Waals surface area contributed by atoms with E-state index in [0.717, 1.165) is 36.1 Å². The van der Waals surface area contributed by atoms with Gasteiger partial charge in [0.25, 0.3) is 0 Å². The van der Waals surface area contributed by atoms with Crippen molar-refractivity contribution < 1.29 is 29.0 Å². The van der Waals surface area contributed by atoms with Gasteiger partial charge in [0.15, 0.2) is 17.2 Å². The van der Waals surface area contributed by atoms with Crippen LogP contribution in [0.5, 0.6) is 0 Å². The third-order valence-electron chi connectivity index (χ3n) is 8.84. The van der Waals surface area contributed by atoms with Crippen LogP contribution in [0.3, 0.4) is 0 Å². The molecule has 1 aromatic carbocycles. The van der Waals surface area contributed by atoms with E-state index in [1.165, 1.54) is 29.4 Å². The van der Waals surface area contributed by atoms with E-state index in [-0.39, 0.29) is 30.5 Å². The van der Waals surface area contributed by atoms with E-state index in [2.05, 4.69) is 0 Å². The van der Waals surface area contributed by atoms with Gasteiger partial charge in [0.05, 0.1) is 18.3 Å². The lowest BCUT2D eigenvalue weighted by molar-refractivity contribution is -0.254. The molecule has 7 heteroatoms. The maximum absolute atomic E-state index is 13.8. The number of benzene rings is 1. The second kappa shape index (κ2) is 8.07. The van der Waals surface area contributed by atoms with Crippen molar-refractivity contribution in [2.75, 3.05) is 6.61 Å². The zero-order chi connectivity index (χ0) is 25.4. The Hall–Kier alpha value is -2.87. The van der Waals surface area contributed by atoms with Crippen LogP contribution in [0.4, 0.5) is 4.39 Å². The van der Waals surface area contributed by atoms with Crippen LogP contribution >= 0.6 is 0 Å². The van der Waals surface area contributed by atoms with Gasteiger partial charge in [-0.25, -0.2) is 9.45 Å². The molecule has 188 valence electrons. The van der Waals surface area contributed by atoms with Gasteiger partial charge in [-0.1, -0.05) is 37.6 Å². The number of carbonyl (C=O) groups is 2. The van der Waals surface area contributed by atoms with Crippen LogP contribution in [0.25, 0.3) is 0 Å². The smallest absolute Gasteiger partial charge is 0.198 e. The van der Waals surface area contributed by atoms with E-state index < -0.39 is 29.5 Å². The molecular weight excluding hydrogens is 461 g/mol. The third kappa shape index (κ3) is 3.06. The molecule has 4 atom stereocenters. The number of Topliss-reactive ketones (excluding diaryl/α,β-unsaturated/α-hetero) is 1. The molecule has 0 fully saturated rings. The second-order valence-electron chi connectivity index (χ2n) is 10.9. The van der Waals surface area contributed by atoms with Crippen LogP contribution in [0.1, 0.15) is 51.5 Å². The first-order valence-corrected chi connectivity index (χ1v) is 12.7. The van der Waals surface area contributed by atoms with E-state index in [1.54, 1.807) is 30.2 Å². The van der Waals surface area contributed by atoms with Crippen molar-refractivity contribution in [3.05, 3.63) is 81.4 Å². The lowest BCUT2D eigenvalue weighted by Gasteiger charge is -2.57. The summed E-state index contributed by atoms with van der Waals surface area (Å²) < 4.78 is 13.6. The average molecular weight is 492 g/mol. The van der Waals surface area contributed by atoms with Crippen LogP contribution in [0.2, 0.25) is 0 Å². The van der Waals surface area contributed by atoms with Crippen LogP contribution in [-0.4, -0.2) is 45.2 Å². The van der Waals surface area contributed by atoms with Crippen LogP contribution < -0.4 is 0 Å². The molecule has 1 aliphatic heterocycles. The average Bonchev–Trinajstić information content (AvgIpc) is 3.44. The van der Waals surface area contributed by atoms with Crippen molar-refractivity contribution in [1.29, 1.82) is 0 Å². The highest BCUT2D eigenvalue weighted by Gasteiger charge is 2.67. The number of halogens is 1. The quantitative estimate of drug-likeness (QED) is 0.665. The molecule has 0 bridgehead atoms. The van der Waals surface area contributed by atoms with Gasteiger partial charge in [0.2, 0.25) is 0 Å². The first-order valence-electron chi connectivity index (χ1n) is 12.7. The summed E-state index contributed by atoms with van der Waals surface area (Å²) in [6.07, 6.45) is 6.16. The van der Waals surface area contributed by atoms with Crippen LogP contribution in [-0.2, 0) is 21.0 Å². The SMILES string of the molecule is C[C@H]1C=C2C(=O)C=C3C4=C(C5=C(CCC5)C4)N(Cc4ccc(F)cc4)O[C@]3(C(=O)CO)[C@@]2(C)C[C@@H]1O. The molecule has 0 radical (unpaired) electrons. The van der Waals surface area contributed by atoms with Crippen molar-refractivity contribution in [2.45, 2.75) is 64.2 Å². The summed E-state index contributed by atoms with van der Waals surface area (Å²) >= 11 is 0. The minimum absolute atomic E-state index is 0.148. The third-order valence-corrected chi connectivity index (χ3v) is 8.84. The number of hydrogen-bond donors (Lipinski definition) is 2. The van der Waals surface area contributed by atoms with Gasteiger partial charge >= 0.3 is 0 Å².